The summed E-state index contributed by atoms with van der Waals surface area (Å²) in [6.45, 7) is 7.05. The third-order valence-corrected chi connectivity index (χ3v) is 5.03. The van der Waals surface area contributed by atoms with E-state index in [0.717, 1.165) is 40.1 Å². The number of nitrogens with two attached hydrogens (primary N) is 2. The lowest BCUT2D eigenvalue weighted by molar-refractivity contribution is 0.102. The molecule has 0 saturated heterocycles. The van der Waals surface area contributed by atoms with Crippen LogP contribution in [-0.4, -0.2) is 15.9 Å². The van der Waals surface area contributed by atoms with Crippen LogP contribution in [0, 0.1) is 12.8 Å². The van der Waals surface area contributed by atoms with Crippen LogP contribution < -0.4 is 16.8 Å². The van der Waals surface area contributed by atoms with E-state index in [0.29, 0.717) is 30.3 Å². The minimum Gasteiger partial charge on any atom is -0.326 e. The lowest BCUT2D eigenvalue weighted by Gasteiger charge is -2.21. The lowest BCUT2D eigenvalue weighted by atomic mass is 9.92. The van der Waals surface area contributed by atoms with Crippen molar-refractivity contribution in [2.75, 3.05) is 5.32 Å². The number of nitrogens with zero attached hydrogens (tertiary/aromatic N) is 2. The highest BCUT2D eigenvalue weighted by Gasteiger charge is 2.21. The Morgan fingerprint density at radius 2 is 1.70 bits per heavy atom. The average Bonchev–Trinajstić information content (AvgIpc) is 2.75. The molecule has 0 aliphatic carbocycles. The fourth-order valence-corrected chi connectivity index (χ4v) is 3.55. The van der Waals surface area contributed by atoms with Gasteiger partial charge in [-0.05, 0) is 48.1 Å². The summed E-state index contributed by atoms with van der Waals surface area (Å²) in [4.78, 5) is 21.7. The van der Waals surface area contributed by atoms with Crippen LogP contribution >= 0.6 is 0 Å². The zero-order chi connectivity index (χ0) is 21.7. The van der Waals surface area contributed by atoms with Crippen molar-refractivity contribution in [2.24, 2.45) is 17.4 Å². The summed E-state index contributed by atoms with van der Waals surface area (Å²) in [5, 5.41) is 3.07. The zero-order valence-corrected chi connectivity index (χ0v) is 17.8. The van der Waals surface area contributed by atoms with Crippen molar-refractivity contribution in [3.63, 3.8) is 0 Å². The first-order chi connectivity index (χ1) is 14.4. The van der Waals surface area contributed by atoms with E-state index in [1.807, 2.05) is 31.2 Å². The van der Waals surface area contributed by atoms with E-state index in [-0.39, 0.29) is 5.91 Å². The number of carbonyl (C=O) groups is 1. The van der Waals surface area contributed by atoms with Crippen molar-refractivity contribution >= 4 is 11.6 Å². The molecule has 0 spiro atoms. The van der Waals surface area contributed by atoms with Gasteiger partial charge in [-0.15, -0.1) is 0 Å². The molecular weight excluding hydrogens is 374 g/mol. The van der Waals surface area contributed by atoms with Gasteiger partial charge in [0.1, 0.15) is 0 Å². The monoisotopic (exact) mass is 403 g/mol. The molecule has 0 unspecified atom stereocenters. The molecule has 0 aliphatic heterocycles. The van der Waals surface area contributed by atoms with E-state index >= 15 is 0 Å². The number of aryl methyl sites for hydroxylation is 1. The van der Waals surface area contributed by atoms with Crippen molar-refractivity contribution in [3.8, 4) is 11.1 Å². The number of hydrogen-bond acceptors (Lipinski definition) is 5. The van der Waals surface area contributed by atoms with Gasteiger partial charge in [-0.1, -0.05) is 38.1 Å². The van der Waals surface area contributed by atoms with Crippen LogP contribution in [0.2, 0.25) is 0 Å². The molecule has 0 radical (unpaired) electrons. The van der Waals surface area contributed by atoms with E-state index in [1.165, 1.54) is 0 Å². The Kier molecular flexibility index (Phi) is 6.92. The van der Waals surface area contributed by atoms with Gasteiger partial charge in [0.25, 0.3) is 5.91 Å². The SMILES string of the molecule is Cc1nc(CC(C)C)c(CN)c(-c2ccc(CN)cc2)c1NC(=O)c1ccncc1. The van der Waals surface area contributed by atoms with Gasteiger partial charge in [-0.3, -0.25) is 14.8 Å². The van der Waals surface area contributed by atoms with Crippen molar-refractivity contribution in [1.29, 1.82) is 0 Å². The maximum Gasteiger partial charge on any atom is 0.255 e. The molecule has 3 rings (SSSR count). The third-order valence-electron chi connectivity index (χ3n) is 5.03. The number of benzene rings is 1. The van der Waals surface area contributed by atoms with Crippen molar-refractivity contribution in [1.82, 2.24) is 9.97 Å². The Morgan fingerprint density at radius 1 is 1.03 bits per heavy atom. The van der Waals surface area contributed by atoms with E-state index in [2.05, 4.69) is 24.1 Å². The molecule has 2 heterocycles. The summed E-state index contributed by atoms with van der Waals surface area (Å²) in [6.07, 6.45) is 4.02. The number of pyridine rings is 2. The molecule has 1 amide bonds. The zero-order valence-electron chi connectivity index (χ0n) is 17.8. The maximum absolute atomic E-state index is 12.9. The molecule has 156 valence electrons. The van der Waals surface area contributed by atoms with Gasteiger partial charge in [-0.2, -0.15) is 0 Å². The molecule has 0 atom stereocenters. The van der Waals surface area contributed by atoms with Crippen molar-refractivity contribution in [3.05, 3.63) is 76.9 Å². The van der Waals surface area contributed by atoms with Crippen LogP contribution in [0.1, 0.15) is 46.7 Å². The van der Waals surface area contributed by atoms with Crippen LogP contribution in [0.3, 0.4) is 0 Å². The first-order valence-electron chi connectivity index (χ1n) is 10.2. The van der Waals surface area contributed by atoms with Gasteiger partial charge in [0, 0.05) is 42.3 Å². The van der Waals surface area contributed by atoms with Gasteiger partial charge in [0.15, 0.2) is 0 Å². The second-order valence-electron chi connectivity index (χ2n) is 7.77. The van der Waals surface area contributed by atoms with Crippen molar-refractivity contribution < 1.29 is 4.79 Å². The molecule has 0 bridgehead atoms. The van der Waals surface area contributed by atoms with Crippen LogP contribution in [0.25, 0.3) is 11.1 Å². The van der Waals surface area contributed by atoms with Crippen LogP contribution in [0.15, 0.2) is 48.8 Å². The molecule has 2 aromatic heterocycles. The number of nitrogens with one attached hydrogen (secondary N) is 1. The molecule has 3 aromatic rings. The number of aromatic nitrogens is 2. The van der Waals surface area contributed by atoms with Crippen LogP contribution in [-0.2, 0) is 19.5 Å². The normalized spacial score (nSPS) is 11.0. The summed E-state index contributed by atoms with van der Waals surface area (Å²) in [7, 11) is 0. The summed E-state index contributed by atoms with van der Waals surface area (Å²) >= 11 is 0. The Morgan fingerprint density at radius 3 is 2.27 bits per heavy atom. The third kappa shape index (κ3) is 4.72. The van der Waals surface area contributed by atoms with Gasteiger partial charge in [0.05, 0.1) is 11.4 Å². The largest absolute Gasteiger partial charge is 0.326 e. The molecule has 0 saturated carbocycles. The number of amides is 1. The quantitative estimate of drug-likeness (QED) is 0.556. The maximum atomic E-state index is 12.9. The topological polar surface area (TPSA) is 107 Å². The standard InChI is InChI=1S/C24H29N5O/c1-15(2)12-21-20(14-26)22(18-6-4-17(13-25)5-7-18)23(16(3)28-21)29-24(30)19-8-10-27-11-9-19/h4-11,15H,12-14,25-26H2,1-3H3,(H,29,30). The Hall–Kier alpha value is -3.09. The Bertz CT molecular complexity index is 1010. The molecule has 0 fully saturated rings. The minimum atomic E-state index is -0.207. The van der Waals surface area contributed by atoms with Crippen molar-refractivity contribution in [2.45, 2.75) is 40.3 Å². The molecule has 1 aromatic carbocycles. The summed E-state index contributed by atoms with van der Waals surface area (Å²) in [6, 6.07) is 11.4. The fourth-order valence-electron chi connectivity index (χ4n) is 3.55. The number of rotatable bonds is 7. The smallest absolute Gasteiger partial charge is 0.255 e. The molecule has 6 heteroatoms. The second-order valence-corrected chi connectivity index (χ2v) is 7.77. The predicted octanol–water partition coefficient (Wildman–Crippen LogP) is 3.82. The highest BCUT2D eigenvalue weighted by Crippen LogP contribution is 2.36. The first kappa shape index (κ1) is 21.6. The first-order valence-corrected chi connectivity index (χ1v) is 10.2. The molecule has 6 nitrogen and oxygen atoms in total. The summed E-state index contributed by atoms with van der Waals surface area (Å²) < 4.78 is 0. The van der Waals surface area contributed by atoms with Gasteiger partial charge < -0.3 is 16.8 Å². The number of anilines is 1. The number of carbonyl (C=O) groups excluding carboxylic acids is 1. The predicted molar refractivity (Wildman–Crippen MR) is 121 cm³/mol. The molecule has 5 N–H and O–H groups in total. The summed E-state index contributed by atoms with van der Waals surface area (Å²) in [5.41, 5.74) is 18.8. The van der Waals surface area contributed by atoms with E-state index in [9.17, 15) is 4.79 Å². The number of hydrogen-bond donors (Lipinski definition) is 3. The van der Waals surface area contributed by atoms with Gasteiger partial charge in [-0.25, -0.2) is 0 Å². The molecule has 0 aliphatic rings. The van der Waals surface area contributed by atoms with Gasteiger partial charge >= 0.3 is 0 Å². The Balaban J connectivity index is 2.17. The van der Waals surface area contributed by atoms with Crippen LogP contribution in [0.5, 0.6) is 0 Å². The van der Waals surface area contributed by atoms with E-state index in [1.54, 1.807) is 24.5 Å². The van der Waals surface area contributed by atoms with Crippen LogP contribution in [0.4, 0.5) is 5.69 Å². The fraction of sp³-hybridized carbons (Fsp3) is 0.292. The Labute approximate surface area is 177 Å². The van der Waals surface area contributed by atoms with E-state index < -0.39 is 0 Å². The van der Waals surface area contributed by atoms with Gasteiger partial charge in [0.2, 0.25) is 0 Å². The molecule has 30 heavy (non-hydrogen) atoms. The molecular formula is C24H29N5O. The summed E-state index contributed by atoms with van der Waals surface area (Å²) in [5.74, 6) is 0.230. The highest BCUT2D eigenvalue weighted by atomic mass is 16.1. The average molecular weight is 404 g/mol. The van der Waals surface area contributed by atoms with E-state index in [4.69, 9.17) is 16.5 Å². The minimum absolute atomic E-state index is 0.207. The lowest BCUT2D eigenvalue weighted by Crippen LogP contribution is -2.18. The highest BCUT2D eigenvalue weighted by molar-refractivity contribution is 6.07. The second kappa shape index (κ2) is 9.61.